The van der Waals surface area contributed by atoms with Gasteiger partial charge in [-0.2, -0.15) is 13.5 Å². The van der Waals surface area contributed by atoms with Crippen LogP contribution in [0.4, 0.5) is 0 Å². The molecule has 1 fully saturated rings. The van der Waals surface area contributed by atoms with Crippen LogP contribution in [0, 0.1) is 82.9 Å². The summed E-state index contributed by atoms with van der Waals surface area (Å²) < 4.78 is 81.1. The first-order valence-corrected chi connectivity index (χ1v) is 26.6. The van der Waals surface area contributed by atoms with E-state index < -0.39 is 99.2 Å². The summed E-state index contributed by atoms with van der Waals surface area (Å²) in [5.74, 6) is 30.9. The summed E-state index contributed by atoms with van der Waals surface area (Å²) >= 11 is 0. The van der Waals surface area contributed by atoms with E-state index in [1.165, 1.54) is 38.5 Å². The molecule has 22 nitrogen and oxygen atoms in total. The number of esters is 2. The second kappa shape index (κ2) is 34.8. The molecule has 5 unspecified atom stereocenters. The van der Waals surface area contributed by atoms with Crippen molar-refractivity contribution in [1.29, 1.82) is 0 Å². The van der Waals surface area contributed by atoms with Crippen LogP contribution in [0.3, 0.4) is 0 Å². The van der Waals surface area contributed by atoms with Crippen LogP contribution in [0.25, 0.3) is 0 Å². The summed E-state index contributed by atoms with van der Waals surface area (Å²) in [6.45, 7) is 1.80. The number of carbonyl (C=O) groups is 2. The quantitative estimate of drug-likeness (QED) is 0.0144. The van der Waals surface area contributed by atoms with Crippen molar-refractivity contribution >= 4 is 56.7 Å². The van der Waals surface area contributed by atoms with Crippen LogP contribution < -0.4 is 0 Å². The molecule has 0 aromatic heterocycles. The van der Waals surface area contributed by atoms with Gasteiger partial charge in [-0.1, -0.05) is 89.9 Å². The van der Waals surface area contributed by atoms with Gasteiger partial charge in [-0.15, -0.1) is 0 Å². The van der Waals surface area contributed by atoms with Crippen molar-refractivity contribution in [3.63, 3.8) is 0 Å². The second-order valence-electron chi connectivity index (χ2n) is 14.1. The summed E-state index contributed by atoms with van der Waals surface area (Å²) in [7, 11) is -23.2. The van der Waals surface area contributed by atoms with Gasteiger partial charge in [0.15, 0.2) is 6.10 Å². The summed E-state index contributed by atoms with van der Waals surface area (Å²) in [6.07, 6.45) is -5.05. The molecule has 9 N–H and O–H groups in total. The smallest absolute Gasteiger partial charge is 0.456 e. The molecule has 0 amide bonds. The van der Waals surface area contributed by atoms with Crippen molar-refractivity contribution in [2.75, 3.05) is 13.2 Å². The first kappa shape index (κ1) is 64.6. The Hall–Kier alpha value is -3.43. The van der Waals surface area contributed by atoms with E-state index >= 15 is 0 Å². The molecule has 404 valence electrons. The number of rotatable bonds is 28. The Morgan fingerprint density at radius 1 is 0.529 bits per heavy atom. The third kappa shape index (κ3) is 32.4. The van der Waals surface area contributed by atoms with Crippen molar-refractivity contribution < 1.29 is 123 Å². The summed E-state index contributed by atoms with van der Waals surface area (Å²) in [6, 6.07) is 0. The lowest BCUT2D eigenvalue weighted by atomic mass is 9.85. The molecule has 0 aromatic carbocycles. The van der Waals surface area contributed by atoms with E-state index in [0.717, 1.165) is 32.1 Å². The van der Waals surface area contributed by atoms with Gasteiger partial charge in [0, 0.05) is 30.9 Å². The molecule has 0 aliphatic heterocycles. The van der Waals surface area contributed by atoms with Crippen LogP contribution in [0.2, 0.25) is 0 Å². The minimum atomic E-state index is -5.82. The maximum absolute atomic E-state index is 13.2. The lowest BCUT2D eigenvalue weighted by molar-refractivity contribution is -0.209. The number of phosphoric acid groups is 4. The van der Waals surface area contributed by atoms with Gasteiger partial charge in [0.1, 0.15) is 43.2 Å². The Kier molecular flexibility index (Phi) is 33.0. The zero-order valence-electron chi connectivity index (χ0n) is 37.0. The molecule has 1 rings (SSSR count). The van der Waals surface area contributed by atoms with E-state index in [2.05, 4.69) is 97.5 Å². The van der Waals surface area contributed by atoms with Gasteiger partial charge in [-0.3, -0.25) is 27.4 Å². The molecule has 27 heteroatoms. The molecule has 1 aliphatic carbocycles. The Morgan fingerprint density at radius 3 is 1.32 bits per heavy atom. The summed E-state index contributed by atoms with van der Waals surface area (Å²) in [5, 5.41) is 21.7. The highest BCUT2D eigenvalue weighted by atomic mass is 32.1. The monoisotopic (exact) mass is 1080 g/mol. The predicted octanol–water partition coefficient (Wildman–Crippen LogP) is 5.95. The highest BCUT2D eigenvalue weighted by Crippen LogP contribution is 2.53. The highest BCUT2D eigenvalue weighted by molar-refractivity contribution is 7.59. The number of aliphatic hydroxyl groups excluding tert-OH is 2. The Labute approximate surface area is 421 Å². The van der Waals surface area contributed by atoms with Crippen molar-refractivity contribution in [2.24, 2.45) is 0 Å². The normalized spacial score (nSPS) is 19.8. The third-order valence-electron chi connectivity index (χ3n) is 8.61. The van der Waals surface area contributed by atoms with Crippen LogP contribution in [-0.2, 0) is 59.9 Å². The van der Waals surface area contributed by atoms with E-state index in [-0.39, 0.29) is 38.5 Å². The Morgan fingerprint density at radius 2 is 0.912 bits per heavy atom. The summed E-state index contributed by atoms with van der Waals surface area (Å²) in [4.78, 5) is 92.0. The fourth-order valence-electron chi connectivity index (χ4n) is 5.79. The SMILES string of the molecule is CC#CC#CC#CC#CC#CC#CC#CC(=O)OC[C@H](COP(=O)(O)OC1C(O)[C@H](OP(=O)(O)O)C(OP(=O)(O)O)C(OP(=O)(O)O)[C@@H]1O)OC(=O)CCCCCCCCCCCCCCC.S.[HH].[HH].[HH].[HH].[HH].[HH].[HH].[HH].[HH].[HH].[HH].[HH].[HH]. The van der Waals surface area contributed by atoms with Crippen LogP contribution in [0.15, 0.2) is 0 Å². The van der Waals surface area contributed by atoms with E-state index in [0.29, 0.717) is 12.8 Å². The standard InChI is InChI=1S/C41H54O22P4.H2S.13H2/c1-3-5-7-9-11-13-15-17-19-21-23-25-27-29-34(42)57-31-33(59-35(43)30-28-26-24-22-20-18-16-14-12-10-8-6-4-2)32-58-67(55,56)63-38-36(44)39(60-64(46,47)48)41(62-66(52,53)54)40(37(38)45)61-65(49,50)51;;;;;;;;;;;;;;/h33,36-41,44-45H,4,6,8,10,12,14,16,18,20,22,24,26,28,30-32H2,1-2H3,(H,55,56)(H2,46,47,48)(H2,49,50,51)(H2,52,53,54);1H2;13*1H/t33-,36-,37?,38?,39?,40+,41?;;;;;;;;;;;;;;/m1............../s1. The van der Waals surface area contributed by atoms with E-state index in [1.807, 2.05) is 5.92 Å². The molecule has 1 saturated carbocycles. The second-order valence-corrected chi connectivity index (χ2v) is 19.1. The number of unbranched alkanes of at least 4 members (excludes halogenated alkanes) is 12. The van der Waals surface area contributed by atoms with Gasteiger partial charge < -0.3 is 53.9 Å². The number of hydrogen-bond acceptors (Lipinski definition) is 15. The molecule has 8 atom stereocenters. The number of aliphatic hydroxyl groups is 2. The molecule has 0 spiro atoms. The van der Waals surface area contributed by atoms with Gasteiger partial charge in [-0.25, -0.2) is 23.1 Å². The zero-order chi connectivity index (χ0) is 50.4. The van der Waals surface area contributed by atoms with E-state index in [4.69, 9.17) is 18.5 Å². The van der Waals surface area contributed by atoms with Crippen molar-refractivity contribution in [2.45, 2.75) is 146 Å². The minimum absolute atomic E-state index is 0. The first-order valence-electron chi connectivity index (χ1n) is 20.5. The van der Waals surface area contributed by atoms with Crippen LogP contribution in [-0.4, -0.2) is 112 Å². The average molecular weight is 1080 g/mol. The number of carbonyl (C=O) groups excluding carboxylic acids is 2. The van der Waals surface area contributed by atoms with Crippen LogP contribution in [0.5, 0.6) is 0 Å². The van der Waals surface area contributed by atoms with Gasteiger partial charge in [0.05, 0.1) is 6.61 Å². The summed E-state index contributed by atoms with van der Waals surface area (Å²) in [5.41, 5.74) is 0. The van der Waals surface area contributed by atoms with E-state index in [9.17, 15) is 72.3 Å². The third-order valence-corrected chi connectivity index (χ3v) is 11.1. The van der Waals surface area contributed by atoms with Crippen LogP contribution >= 0.6 is 44.8 Å². The fraction of sp³-hybridized carbons (Fsp3) is 0.610. The molecular weight excluding hydrogens is 1000 g/mol. The molecule has 0 heterocycles. The lowest BCUT2D eigenvalue weighted by Crippen LogP contribution is -2.65. The highest BCUT2D eigenvalue weighted by Gasteiger charge is 2.59. The number of ether oxygens (including phenoxy) is 2. The first-order chi connectivity index (χ1) is 31.5. The zero-order valence-corrected chi connectivity index (χ0v) is 41.6. The molecule has 0 radical (unpaired) electrons. The number of hydrogen-bond donors (Lipinski definition) is 9. The van der Waals surface area contributed by atoms with Crippen molar-refractivity contribution in [1.82, 2.24) is 0 Å². The van der Waals surface area contributed by atoms with Crippen LogP contribution in [0.1, 0.15) is 122 Å². The van der Waals surface area contributed by atoms with Gasteiger partial charge >= 0.3 is 43.2 Å². The molecule has 1 aliphatic rings. The van der Waals surface area contributed by atoms with Gasteiger partial charge in [-0.05, 0) is 84.4 Å². The lowest BCUT2D eigenvalue weighted by Gasteiger charge is -2.45. The van der Waals surface area contributed by atoms with E-state index in [1.54, 1.807) is 6.92 Å². The van der Waals surface area contributed by atoms with Gasteiger partial charge in [0.25, 0.3) is 0 Å². The molecule has 0 saturated heterocycles. The topological polar surface area (TPSA) is 349 Å². The molecule has 0 bridgehead atoms. The molecule has 68 heavy (non-hydrogen) atoms. The van der Waals surface area contributed by atoms with Crippen molar-refractivity contribution in [3.8, 4) is 82.9 Å². The average Bonchev–Trinajstić information content (AvgIpc) is 3.22. The van der Waals surface area contributed by atoms with Crippen molar-refractivity contribution in [3.05, 3.63) is 0 Å². The fourth-order valence-corrected chi connectivity index (χ4v) is 8.44. The maximum atomic E-state index is 13.2. The predicted molar refractivity (Wildman–Crippen MR) is 273 cm³/mol. The maximum Gasteiger partial charge on any atom is 0.472 e. The largest absolute Gasteiger partial charge is 0.472 e. The van der Waals surface area contributed by atoms with Gasteiger partial charge in [0.2, 0.25) is 0 Å². The number of phosphoric ester groups is 4. The minimum Gasteiger partial charge on any atom is -0.456 e. The molecular formula is C41H82O22P4S. The Bertz CT molecular complexity index is 2280. The molecule has 0 aromatic rings. The Balaban J connectivity index is -0.000000267.